The van der Waals surface area contributed by atoms with E-state index in [1.165, 1.54) is 18.4 Å². The summed E-state index contributed by atoms with van der Waals surface area (Å²) in [5, 5.41) is 23.3. The lowest BCUT2D eigenvalue weighted by Gasteiger charge is -2.64. The van der Waals surface area contributed by atoms with Crippen molar-refractivity contribution in [2.45, 2.75) is 67.7 Å². The topological polar surface area (TPSA) is 73.2 Å². The molecule has 178 valence electrons. The number of hydrogen-bond acceptors (Lipinski definition) is 5. The lowest BCUT2D eigenvalue weighted by Crippen LogP contribution is -2.78. The van der Waals surface area contributed by atoms with Crippen LogP contribution >= 0.6 is 0 Å². The van der Waals surface area contributed by atoms with Gasteiger partial charge in [0, 0.05) is 30.8 Å². The lowest BCUT2D eigenvalue weighted by atomic mass is 9.48. The maximum absolute atomic E-state index is 13.4. The van der Waals surface area contributed by atoms with Crippen LogP contribution < -0.4 is 4.74 Å². The highest BCUT2D eigenvalue weighted by Crippen LogP contribution is 2.66. The molecule has 2 bridgehead atoms. The molecule has 2 aliphatic heterocycles. The van der Waals surface area contributed by atoms with Gasteiger partial charge in [-0.15, -0.1) is 0 Å². The summed E-state index contributed by atoms with van der Waals surface area (Å²) in [5.74, 6) is 1.40. The first-order valence-electron chi connectivity index (χ1n) is 12.7. The largest absolute Gasteiger partial charge is 0.504 e. The molecule has 7 rings (SSSR count). The van der Waals surface area contributed by atoms with Crippen molar-refractivity contribution in [3.8, 4) is 11.5 Å². The molecule has 2 heterocycles. The van der Waals surface area contributed by atoms with Crippen LogP contribution in [0.5, 0.6) is 11.5 Å². The van der Waals surface area contributed by atoms with Crippen LogP contribution in [0.1, 0.15) is 53.6 Å². The Kier molecular flexibility index (Phi) is 4.27. The van der Waals surface area contributed by atoms with Crippen molar-refractivity contribution in [3.05, 3.63) is 59.2 Å². The monoisotopic (exact) mass is 460 g/mol. The van der Waals surface area contributed by atoms with E-state index in [1.54, 1.807) is 6.07 Å². The number of hydrogen-bond donors (Lipinski definition) is 2. The Morgan fingerprint density at radius 2 is 1.94 bits per heavy atom. The average molecular weight is 461 g/mol. The third kappa shape index (κ3) is 2.56. The predicted octanol–water partition coefficient (Wildman–Crippen LogP) is 3.10. The van der Waals surface area contributed by atoms with E-state index in [2.05, 4.69) is 4.90 Å². The highest BCUT2D eigenvalue weighted by atomic mass is 16.5. The van der Waals surface area contributed by atoms with Crippen LogP contribution in [0.4, 0.5) is 0 Å². The summed E-state index contributed by atoms with van der Waals surface area (Å²) in [5.41, 5.74) is 1.32. The normalized spacial score (nSPS) is 35.4. The summed E-state index contributed by atoms with van der Waals surface area (Å²) in [6.07, 6.45) is 5.08. The molecular formula is C28H32N2O4. The van der Waals surface area contributed by atoms with Crippen LogP contribution in [0.3, 0.4) is 0 Å². The number of carbonyl (C=O) groups excluding carboxylic acids is 1. The van der Waals surface area contributed by atoms with Crippen LogP contribution in [0, 0.1) is 5.92 Å². The number of likely N-dealkylation sites (N-methyl/N-ethyl adjacent to an activating group) is 1. The molecule has 2 N–H and O–H groups in total. The zero-order chi connectivity index (χ0) is 23.2. The molecule has 1 amide bonds. The van der Waals surface area contributed by atoms with E-state index in [0.717, 1.165) is 37.4 Å². The smallest absolute Gasteiger partial charge is 0.253 e. The molecule has 5 atom stereocenters. The summed E-state index contributed by atoms with van der Waals surface area (Å²) in [6, 6.07) is 13.0. The van der Waals surface area contributed by atoms with E-state index < -0.39 is 11.0 Å². The second-order valence-corrected chi connectivity index (χ2v) is 11.2. The van der Waals surface area contributed by atoms with Crippen molar-refractivity contribution in [2.75, 3.05) is 20.1 Å². The predicted molar refractivity (Wildman–Crippen MR) is 127 cm³/mol. The molecule has 2 aromatic rings. The number of aromatic hydroxyl groups is 1. The van der Waals surface area contributed by atoms with Crippen molar-refractivity contribution in [3.63, 3.8) is 0 Å². The molecule has 2 saturated carbocycles. The molecule has 5 aliphatic rings. The molecular weight excluding hydrogens is 428 g/mol. The summed E-state index contributed by atoms with van der Waals surface area (Å²) in [6.45, 7) is 1.98. The molecule has 1 spiro atoms. The van der Waals surface area contributed by atoms with Gasteiger partial charge in [0.2, 0.25) is 0 Å². The second kappa shape index (κ2) is 6.98. The third-order valence-electron chi connectivity index (χ3n) is 9.57. The number of amides is 1. The maximum atomic E-state index is 13.4. The first kappa shape index (κ1) is 20.8. The molecule has 6 heteroatoms. The number of phenols is 1. The first-order chi connectivity index (χ1) is 16.4. The molecule has 3 aliphatic carbocycles. The van der Waals surface area contributed by atoms with Gasteiger partial charge in [-0.25, -0.2) is 0 Å². The highest BCUT2D eigenvalue weighted by molar-refractivity contribution is 5.94. The van der Waals surface area contributed by atoms with E-state index in [-0.39, 0.29) is 29.8 Å². The Balaban J connectivity index is 1.33. The van der Waals surface area contributed by atoms with Crippen molar-refractivity contribution in [2.24, 2.45) is 5.92 Å². The van der Waals surface area contributed by atoms with Gasteiger partial charge in [0.1, 0.15) is 6.10 Å². The van der Waals surface area contributed by atoms with Gasteiger partial charge in [0.15, 0.2) is 11.5 Å². The van der Waals surface area contributed by atoms with Gasteiger partial charge in [-0.1, -0.05) is 24.3 Å². The fourth-order valence-corrected chi connectivity index (χ4v) is 7.79. The Bertz CT molecular complexity index is 1160. The lowest BCUT2D eigenvalue weighted by molar-refractivity contribution is -0.197. The van der Waals surface area contributed by atoms with E-state index in [1.807, 2.05) is 48.3 Å². The van der Waals surface area contributed by atoms with Gasteiger partial charge < -0.3 is 19.8 Å². The molecule has 6 nitrogen and oxygen atoms in total. The number of nitrogens with zero attached hydrogens (tertiary/aromatic N) is 2. The molecule has 0 aromatic heterocycles. The summed E-state index contributed by atoms with van der Waals surface area (Å²) < 4.78 is 6.60. The van der Waals surface area contributed by atoms with Crippen LogP contribution in [-0.4, -0.2) is 69.8 Å². The molecule has 3 fully saturated rings. The zero-order valence-corrected chi connectivity index (χ0v) is 19.6. The molecule has 2 aromatic carbocycles. The Morgan fingerprint density at radius 1 is 1.15 bits per heavy atom. The standard InChI is InChI=1S/C28H32N2O4/c1-29(26(32)18-5-3-2-4-6-18)20-11-12-28(33)22-15-19-9-10-21(31)24-23(19)27(28,25(20)34-24)13-14-30(22)16-17-7-8-17/h2-6,9-10,17,20,22,25,31,33H,7-8,11-16H2,1H3/t20?,22-,25?,27+,28-/m1/s1. The van der Waals surface area contributed by atoms with Crippen LogP contribution in [0.25, 0.3) is 0 Å². The average Bonchev–Trinajstić information content (AvgIpc) is 3.59. The highest BCUT2D eigenvalue weighted by Gasteiger charge is 2.73. The SMILES string of the molecule is CN(C(=O)c1ccccc1)C1CC[C@@]2(O)[C@H]3Cc4ccc(O)c5c4[C@@]2(CCN3CC2CC2)C1O5. The summed E-state index contributed by atoms with van der Waals surface area (Å²) in [7, 11) is 1.86. The molecule has 0 radical (unpaired) electrons. The van der Waals surface area contributed by atoms with E-state index in [0.29, 0.717) is 24.2 Å². The second-order valence-electron chi connectivity index (χ2n) is 11.2. The third-order valence-corrected chi connectivity index (χ3v) is 9.57. The number of phenolic OH excluding ortho intramolecular Hbond substituents is 1. The minimum atomic E-state index is -0.927. The van der Waals surface area contributed by atoms with E-state index in [4.69, 9.17) is 4.74 Å². The minimum absolute atomic E-state index is 0.0324. The molecule has 2 unspecified atom stereocenters. The van der Waals surface area contributed by atoms with Gasteiger partial charge in [-0.2, -0.15) is 0 Å². The Hall–Kier alpha value is -2.57. The maximum Gasteiger partial charge on any atom is 0.253 e. The van der Waals surface area contributed by atoms with Gasteiger partial charge in [-0.05, 0) is 74.8 Å². The van der Waals surface area contributed by atoms with Crippen molar-refractivity contribution < 1.29 is 19.7 Å². The fraction of sp³-hybridized carbons (Fsp3) is 0.536. The van der Waals surface area contributed by atoms with Crippen molar-refractivity contribution >= 4 is 5.91 Å². The van der Waals surface area contributed by atoms with E-state index >= 15 is 0 Å². The number of rotatable bonds is 4. The minimum Gasteiger partial charge on any atom is -0.504 e. The van der Waals surface area contributed by atoms with Crippen LogP contribution in [0.2, 0.25) is 0 Å². The van der Waals surface area contributed by atoms with Gasteiger partial charge in [-0.3, -0.25) is 9.69 Å². The Labute approximate surface area is 200 Å². The van der Waals surface area contributed by atoms with Gasteiger partial charge in [0.05, 0.1) is 17.1 Å². The zero-order valence-electron chi connectivity index (χ0n) is 19.6. The fourth-order valence-electron chi connectivity index (χ4n) is 7.79. The number of piperidine rings is 1. The summed E-state index contributed by atoms with van der Waals surface area (Å²) in [4.78, 5) is 17.8. The summed E-state index contributed by atoms with van der Waals surface area (Å²) >= 11 is 0. The van der Waals surface area contributed by atoms with Crippen molar-refractivity contribution in [1.29, 1.82) is 0 Å². The Morgan fingerprint density at radius 3 is 2.71 bits per heavy atom. The van der Waals surface area contributed by atoms with Gasteiger partial charge in [0.25, 0.3) is 5.91 Å². The first-order valence-corrected chi connectivity index (χ1v) is 12.7. The van der Waals surface area contributed by atoms with Gasteiger partial charge >= 0.3 is 0 Å². The number of likely N-dealkylation sites (tertiary alicyclic amines) is 1. The molecule has 1 saturated heterocycles. The van der Waals surface area contributed by atoms with Crippen molar-refractivity contribution in [1.82, 2.24) is 9.80 Å². The number of benzene rings is 2. The van der Waals surface area contributed by atoms with Crippen LogP contribution in [-0.2, 0) is 11.8 Å². The molecule has 34 heavy (non-hydrogen) atoms. The number of carbonyl (C=O) groups is 1. The van der Waals surface area contributed by atoms with Crippen LogP contribution in [0.15, 0.2) is 42.5 Å². The quantitative estimate of drug-likeness (QED) is 0.734. The number of ether oxygens (including phenoxy) is 1. The van der Waals surface area contributed by atoms with E-state index in [9.17, 15) is 15.0 Å². The number of aliphatic hydroxyl groups is 1.